The topological polar surface area (TPSA) is 42.1 Å². The monoisotopic (exact) mass is 303 g/mol. The van der Waals surface area contributed by atoms with Crippen molar-refractivity contribution in [3.05, 3.63) is 41.7 Å². The number of nitrogens with one attached hydrogen (secondary N) is 1. The largest absolute Gasteiger partial charge is 0.457 e. The van der Waals surface area contributed by atoms with Gasteiger partial charge in [0.1, 0.15) is 6.61 Å². The van der Waals surface area contributed by atoms with Gasteiger partial charge in [-0.15, -0.1) is 0 Å². The van der Waals surface area contributed by atoms with Crippen LogP contribution in [-0.4, -0.2) is 17.6 Å². The molecule has 22 heavy (non-hydrogen) atoms. The van der Waals surface area contributed by atoms with E-state index < -0.39 is 0 Å². The van der Waals surface area contributed by atoms with Gasteiger partial charge in [0.2, 0.25) is 0 Å². The van der Waals surface area contributed by atoms with Gasteiger partial charge in [0.05, 0.1) is 0 Å². The van der Waals surface area contributed by atoms with Gasteiger partial charge in [0.25, 0.3) is 0 Å². The first-order valence-corrected chi connectivity index (χ1v) is 7.98. The van der Waals surface area contributed by atoms with Crippen LogP contribution >= 0.6 is 0 Å². The molecule has 3 heteroatoms. The summed E-state index contributed by atoms with van der Waals surface area (Å²) in [5.41, 5.74) is 3.93. The van der Waals surface area contributed by atoms with Crippen LogP contribution in [0.4, 0.5) is 0 Å². The molecule has 0 bridgehead atoms. The summed E-state index contributed by atoms with van der Waals surface area (Å²) < 4.78 is 5.42. The summed E-state index contributed by atoms with van der Waals surface area (Å²) in [6.45, 7) is 14.5. The summed E-state index contributed by atoms with van der Waals surface area (Å²) in [6.07, 6.45) is 3.92. The number of hydrogen-bond donors (Lipinski definition) is 1. The van der Waals surface area contributed by atoms with Gasteiger partial charge in [0.15, 0.2) is 0 Å². The Labute approximate surface area is 134 Å². The standard InChI is InChI=1S/C19H29NO2/c1-13(2)10-16(11-14(3)4)17(18-8-7-9-20-18)12-22-19(21)15(5)6/h7-9,13-14,20H,5,10-12H2,1-4,6H3. The minimum atomic E-state index is -0.336. The predicted molar refractivity (Wildman–Crippen MR) is 92.4 cm³/mol. The lowest BCUT2D eigenvalue weighted by molar-refractivity contribution is -0.137. The normalized spacial score (nSPS) is 10.9. The Kier molecular flexibility index (Phi) is 7.16. The van der Waals surface area contributed by atoms with E-state index in [9.17, 15) is 4.79 Å². The van der Waals surface area contributed by atoms with Crippen molar-refractivity contribution in [2.45, 2.75) is 47.5 Å². The van der Waals surface area contributed by atoms with Gasteiger partial charge in [0, 0.05) is 23.0 Å². The first kappa shape index (κ1) is 18.3. The lowest BCUT2D eigenvalue weighted by Gasteiger charge is -2.19. The summed E-state index contributed by atoms with van der Waals surface area (Å²) in [4.78, 5) is 15.0. The van der Waals surface area contributed by atoms with E-state index in [1.54, 1.807) is 6.92 Å². The van der Waals surface area contributed by atoms with E-state index in [1.807, 2.05) is 18.3 Å². The fourth-order valence-electron chi connectivity index (χ4n) is 2.46. The van der Waals surface area contributed by atoms with E-state index >= 15 is 0 Å². The number of aromatic nitrogens is 1. The molecule has 1 aromatic heterocycles. The molecule has 3 nitrogen and oxygen atoms in total. The zero-order valence-electron chi connectivity index (χ0n) is 14.5. The Balaban J connectivity index is 3.10. The number of allylic oxidation sites excluding steroid dienone is 1. The van der Waals surface area contributed by atoms with Gasteiger partial charge in [-0.05, 0) is 43.7 Å². The molecule has 0 atom stereocenters. The Morgan fingerprint density at radius 2 is 1.82 bits per heavy atom. The molecule has 0 radical (unpaired) electrons. The lowest BCUT2D eigenvalue weighted by atomic mass is 9.90. The van der Waals surface area contributed by atoms with Gasteiger partial charge in [-0.25, -0.2) is 4.79 Å². The Bertz CT molecular complexity index is 510. The number of carbonyl (C=O) groups is 1. The molecule has 1 N–H and O–H groups in total. The number of hydrogen-bond acceptors (Lipinski definition) is 2. The molecule has 1 rings (SSSR count). The molecule has 0 spiro atoms. The summed E-state index contributed by atoms with van der Waals surface area (Å²) in [5, 5.41) is 0. The minimum absolute atomic E-state index is 0.293. The fourth-order valence-corrected chi connectivity index (χ4v) is 2.46. The van der Waals surface area contributed by atoms with Crippen LogP contribution in [0.15, 0.2) is 36.1 Å². The van der Waals surface area contributed by atoms with Crippen LogP contribution in [0.2, 0.25) is 0 Å². The van der Waals surface area contributed by atoms with Crippen LogP contribution in [0.1, 0.15) is 53.2 Å². The first-order valence-electron chi connectivity index (χ1n) is 7.98. The molecule has 1 aromatic rings. The number of esters is 1. The maximum atomic E-state index is 11.7. The highest BCUT2D eigenvalue weighted by Gasteiger charge is 2.15. The van der Waals surface area contributed by atoms with Gasteiger partial charge in [-0.1, -0.05) is 39.8 Å². The van der Waals surface area contributed by atoms with Gasteiger partial charge in [-0.3, -0.25) is 0 Å². The van der Waals surface area contributed by atoms with E-state index in [0.29, 0.717) is 24.0 Å². The van der Waals surface area contributed by atoms with Crippen molar-refractivity contribution in [2.24, 2.45) is 11.8 Å². The van der Waals surface area contributed by atoms with Crippen LogP contribution in [0.3, 0.4) is 0 Å². The SMILES string of the molecule is C=C(C)C(=O)OCC(=C(CC(C)C)CC(C)C)c1ccc[nH]1. The summed E-state index contributed by atoms with van der Waals surface area (Å²) in [5.74, 6) is 0.795. The molecule has 0 saturated carbocycles. The maximum Gasteiger partial charge on any atom is 0.333 e. The second-order valence-corrected chi connectivity index (χ2v) is 6.72. The van der Waals surface area contributed by atoms with Crippen molar-refractivity contribution in [1.82, 2.24) is 4.98 Å². The molecule has 122 valence electrons. The second-order valence-electron chi connectivity index (χ2n) is 6.72. The molecule has 0 amide bonds. The van der Waals surface area contributed by atoms with E-state index in [-0.39, 0.29) is 5.97 Å². The van der Waals surface area contributed by atoms with Crippen molar-refractivity contribution >= 4 is 11.5 Å². The van der Waals surface area contributed by atoms with Crippen molar-refractivity contribution < 1.29 is 9.53 Å². The molecule has 0 fully saturated rings. The number of rotatable bonds is 8. The Morgan fingerprint density at radius 1 is 1.23 bits per heavy atom. The highest BCUT2D eigenvalue weighted by atomic mass is 16.5. The van der Waals surface area contributed by atoms with E-state index in [2.05, 4.69) is 39.3 Å². The number of carbonyl (C=O) groups excluding carboxylic acids is 1. The molecular weight excluding hydrogens is 274 g/mol. The molecular formula is C19H29NO2. The lowest BCUT2D eigenvalue weighted by Crippen LogP contribution is -2.11. The third kappa shape index (κ3) is 5.92. The van der Waals surface area contributed by atoms with E-state index in [0.717, 1.165) is 24.1 Å². The van der Waals surface area contributed by atoms with Crippen molar-refractivity contribution in [2.75, 3.05) is 6.61 Å². The molecule has 0 aromatic carbocycles. The Hall–Kier alpha value is -1.77. The number of aromatic amines is 1. The molecule has 0 aliphatic heterocycles. The fraction of sp³-hybridized carbons (Fsp3) is 0.526. The molecule has 1 heterocycles. The van der Waals surface area contributed by atoms with Crippen LogP contribution in [0.25, 0.3) is 5.57 Å². The van der Waals surface area contributed by atoms with Gasteiger partial charge < -0.3 is 9.72 Å². The number of ether oxygens (including phenoxy) is 1. The van der Waals surface area contributed by atoms with Crippen molar-refractivity contribution in [3.8, 4) is 0 Å². The summed E-state index contributed by atoms with van der Waals surface area (Å²) >= 11 is 0. The second kappa shape index (κ2) is 8.62. The van der Waals surface area contributed by atoms with Gasteiger partial charge >= 0.3 is 5.97 Å². The highest BCUT2D eigenvalue weighted by Crippen LogP contribution is 2.28. The van der Waals surface area contributed by atoms with E-state index in [4.69, 9.17) is 4.74 Å². The third-order valence-corrected chi connectivity index (χ3v) is 3.36. The smallest absolute Gasteiger partial charge is 0.333 e. The van der Waals surface area contributed by atoms with Crippen LogP contribution < -0.4 is 0 Å². The van der Waals surface area contributed by atoms with E-state index in [1.165, 1.54) is 5.57 Å². The predicted octanol–water partition coefficient (Wildman–Crippen LogP) is 4.98. The first-order chi connectivity index (χ1) is 10.3. The Morgan fingerprint density at radius 3 is 2.23 bits per heavy atom. The number of H-pyrrole nitrogens is 1. The molecule has 0 aliphatic carbocycles. The van der Waals surface area contributed by atoms with Crippen LogP contribution in [-0.2, 0) is 9.53 Å². The summed E-state index contributed by atoms with van der Waals surface area (Å²) in [6, 6.07) is 4.00. The van der Waals surface area contributed by atoms with Gasteiger partial charge in [-0.2, -0.15) is 0 Å². The minimum Gasteiger partial charge on any atom is -0.457 e. The summed E-state index contributed by atoms with van der Waals surface area (Å²) in [7, 11) is 0. The zero-order valence-corrected chi connectivity index (χ0v) is 14.5. The average Bonchev–Trinajstić information content (AvgIpc) is 2.90. The highest BCUT2D eigenvalue weighted by molar-refractivity contribution is 5.87. The van der Waals surface area contributed by atoms with Crippen LogP contribution in [0, 0.1) is 11.8 Å². The molecule has 0 unspecified atom stereocenters. The van der Waals surface area contributed by atoms with Crippen molar-refractivity contribution in [1.29, 1.82) is 0 Å². The molecule has 0 aliphatic rings. The quantitative estimate of drug-likeness (QED) is 0.543. The van der Waals surface area contributed by atoms with Crippen LogP contribution in [0.5, 0.6) is 0 Å². The average molecular weight is 303 g/mol. The maximum absolute atomic E-state index is 11.7. The van der Waals surface area contributed by atoms with Crippen molar-refractivity contribution in [3.63, 3.8) is 0 Å². The third-order valence-electron chi connectivity index (χ3n) is 3.36. The zero-order chi connectivity index (χ0) is 16.7. The molecule has 0 saturated heterocycles.